The fraction of sp³-hybridized carbons (Fsp3) is 0.875. The zero-order valence-corrected chi connectivity index (χ0v) is 15.6. The number of ether oxygens (including phenoxy) is 3. The molecule has 0 saturated carbocycles. The van der Waals surface area contributed by atoms with E-state index in [2.05, 4.69) is 17.9 Å². The normalized spacial score (nSPS) is 11.5. The van der Waals surface area contributed by atoms with Crippen LogP contribution in [0.25, 0.3) is 0 Å². The fourth-order valence-electron chi connectivity index (χ4n) is 1.38. The van der Waals surface area contributed by atoms with Crippen LogP contribution in [0.4, 0.5) is 0 Å². The van der Waals surface area contributed by atoms with Crippen LogP contribution < -0.4 is 5.32 Å². The number of ketones is 1. The van der Waals surface area contributed by atoms with Crippen molar-refractivity contribution in [3.8, 4) is 0 Å². The first-order valence-corrected chi connectivity index (χ1v) is 8.86. The van der Waals surface area contributed by atoms with Crippen molar-refractivity contribution in [2.24, 2.45) is 0 Å². The van der Waals surface area contributed by atoms with Gasteiger partial charge in [-0.1, -0.05) is 13.8 Å². The Labute approximate surface area is 146 Å². The van der Waals surface area contributed by atoms with Gasteiger partial charge in [0.05, 0.1) is 39.1 Å². The first-order chi connectivity index (χ1) is 11.2. The highest BCUT2D eigenvalue weighted by Gasteiger charge is 2.01. The molecule has 0 aliphatic rings. The average Bonchev–Trinajstić information content (AvgIpc) is 2.57. The van der Waals surface area contributed by atoms with Crippen molar-refractivity contribution in [1.29, 1.82) is 0 Å². The number of Topliss-reactive ketones (excluding diaryl/α,β-unsaturated/α-hetero) is 1. The summed E-state index contributed by atoms with van der Waals surface area (Å²) < 4.78 is 15.9. The Morgan fingerprint density at radius 3 is 2.04 bits per heavy atom. The summed E-state index contributed by atoms with van der Waals surface area (Å²) in [4.78, 5) is 21.2. The van der Waals surface area contributed by atoms with Gasteiger partial charge in [0.2, 0.25) is 0 Å². The molecule has 0 spiro atoms. The lowest BCUT2D eigenvalue weighted by Gasteiger charge is -2.10. The molecule has 0 aromatic heterocycles. The molecule has 0 heterocycles. The van der Waals surface area contributed by atoms with Gasteiger partial charge in [0, 0.05) is 18.8 Å². The Bertz CT molecular complexity index is 267. The highest BCUT2D eigenvalue weighted by Crippen LogP contribution is 1.88. The summed E-state index contributed by atoms with van der Waals surface area (Å²) in [7, 11) is 0. The molecule has 0 unspecified atom stereocenters. The summed E-state index contributed by atoms with van der Waals surface area (Å²) in [5, 5.41) is 3.06. The SMILES string of the molecule is CC.CC(=O)CCOCCOCCOCCCN[C@H](C=O)CS. The molecular weight excluding hydrogens is 318 g/mol. The Morgan fingerprint density at radius 1 is 1.04 bits per heavy atom. The average molecular weight is 352 g/mol. The van der Waals surface area contributed by atoms with Crippen molar-refractivity contribution < 1.29 is 23.8 Å². The lowest BCUT2D eigenvalue weighted by Crippen LogP contribution is -2.33. The van der Waals surface area contributed by atoms with Crippen molar-refractivity contribution in [2.75, 3.05) is 51.9 Å². The maximum Gasteiger partial charge on any atom is 0.137 e. The third kappa shape index (κ3) is 21.5. The summed E-state index contributed by atoms with van der Waals surface area (Å²) in [5.74, 6) is 0.639. The van der Waals surface area contributed by atoms with Crippen molar-refractivity contribution in [1.82, 2.24) is 5.32 Å². The Hall–Kier alpha value is -0.470. The van der Waals surface area contributed by atoms with Gasteiger partial charge in [0.1, 0.15) is 12.1 Å². The number of thiol groups is 1. The molecule has 138 valence electrons. The number of nitrogens with one attached hydrogen (secondary N) is 1. The minimum Gasteiger partial charge on any atom is -0.379 e. The predicted octanol–water partition coefficient (Wildman–Crippen LogP) is 1.52. The lowest BCUT2D eigenvalue weighted by atomic mass is 10.3. The van der Waals surface area contributed by atoms with Crippen LogP contribution in [-0.2, 0) is 23.8 Å². The van der Waals surface area contributed by atoms with Crippen molar-refractivity contribution in [3.63, 3.8) is 0 Å². The molecule has 23 heavy (non-hydrogen) atoms. The van der Waals surface area contributed by atoms with Crippen LogP contribution >= 0.6 is 12.6 Å². The van der Waals surface area contributed by atoms with Crippen molar-refractivity contribution >= 4 is 24.7 Å². The van der Waals surface area contributed by atoms with Gasteiger partial charge in [-0.3, -0.25) is 4.79 Å². The van der Waals surface area contributed by atoms with Crippen LogP contribution in [0.1, 0.15) is 33.6 Å². The summed E-state index contributed by atoms with van der Waals surface area (Å²) in [5.41, 5.74) is 0. The quantitative estimate of drug-likeness (QED) is 0.249. The standard InChI is InChI=1S/C14H27NO5S.C2H6/c1-13(17)3-6-19-8-10-20-9-7-18-5-2-4-15-14(11-16)12-21;1-2/h11,14-15,21H,2-10,12H2,1H3;1-2H3/t14-;/m1./s1. The van der Waals surface area contributed by atoms with E-state index in [4.69, 9.17) is 14.2 Å². The van der Waals surface area contributed by atoms with E-state index in [1.165, 1.54) is 0 Å². The molecule has 0 bridgehead atoms. The second-order valence-corrected chi connectivity index (χ2v) is 4.89. The molecule has 0 saturated heterocycles. The molecule has 6 nitrogen and oxygen atoms in total. The molecular formula is C16H33NO5S. The van der Waals surface area contributed by atoms with Gasteiger partial charge in [-0.05, 0) is 19.9 Å². The Kier molecular flexibility index (Phi) is 23.2. The highest BCUT2D eigenvalue weighted by atomic mass is 32.1. The molecule has 0 amide bonds. The van der Waals surface area contributed by atoms with Crippen molar-refractivity contribution in [3.05, 3.63) is 0 Å². The number of hydrogen-bond acceptors (Lipinski definition) is 7. The third-order valence-electron chi connectivity index (χ3n) is 2.58. The molecule has 0 radical (unpaired) electrons. The van der Waals surface area contributed by atoms with E-state index >= 15 is 0 Å². The van der Waals surface area contributed by atoms with E-state index in [-0.39, 0.29) is 11.8 Å². The van der Waals surface area contributed by atoms with Gasteiger partial charge in [-0.15, -0.1) is 0 Å². The molecule has 0 aromatic rings. The zero-order valence-electron chi connectivity index (χ0n) is 14.7. The first kappa shape index (κ1) is 24.8. The predicted molar refractivity (Wildman–Crippen MR) is 95.4 cm³/mol. The molecule has 0 rings (SSSR count). The molecule has 7 heteroatoms. The zero-order chi connectivity index (χ0) is 17.8. The first-order valence-electron chi connectivity index (χ1n) is 8.23. The van der Waals surface area contributed by atoms with Gasteiger partial charge in [0.15, 0.2) is 0 Å². The maximum absolute atomic E-state index is 10.6. The van der Waals surface area contributed by atoms with Gasteiger partial charge in [-0.25, -0.2) is 0 Å². The monoisotopic (exact) mass is 351 g/mol. The Balaban J connectivity index is 0. The molecule has 0 aromatic carbocycles. The van der Waals surface area contributed by atoms with Gasteiger partial charge in [0.25, 0.3) is 0 Å². The minimum absolute atomic E-state index is 0.132. The lowest BCUT2D eigenvalue weighted by molar-refractivity contribution is -0.118. The van der Waals surface area contributed by atoms with E-state index in [1.807, 2.05) is 13.8 Å². The summed E-state index contributed by atoms with van der Waals surface area (Å²) in [6, 6.07) is -0.181. The molecule has 1 N–H and O–H groups in total. The Morgan fingerprint density at radius 2 is 1.57 bits per heavy atom. The van der Waals surface area contributed by atoms with E-state index in [0.29, 0.717) is 51.8 Å². The molecule has 1 atom stereocenters. The molecule has 0 fully saturated rings. The van der Waals surface area contributed by atoms with Crippen LogP contribution in [-0.4, -0.2) is 70.1 Å². The minimum atomic E-state index is -0.181. The molecule has 0 aliphatic heterocycles. The third-order valence-corrected chi connectivity index (χ3v) is 2.97. The number of rotatable bonds is 16. The van der Waals surface area contributed by atoms with E-state index in [9.17, 15) is 9.59 Å². The second kappa shape index (κ2) is 21.5. The smallest absolute Gasteiger partial charge is 0.137 e. The van der Waals surface area contributed by atoms with Crippen LogP contribution in [0.5, 0.6) is 0 Å². The van der Waals surface area contributed by atoms with Gasteiger partial charge >= 0.3 is 0 Å². The topological polar surface area (TPSA) is 73.9 Å². The van der Waals surface area contributed by atoms with Gasteiger partial charge in [-0.2, -0.15) is 12.6 Å². The van der Waals surface area contributed by atoms with Crippen LogP contribution in [0.15, 0.2) is 0 Å². The second-order valence-electron chi connectivity index (χ2n) is 4.52. The summed E-state index contributed by atoms with van der Waals surface area (Å²) in [6.07, 6.45) is 2.15. The van der Waals surface area contributed by atoms with Crippen LogP contribution in [0, 0.1) is 0 Å². The summed E-state index contributed by atoms with van der Waals surface area (Å²) >= 11 is 4.05. The van der Waals surface area contributed by atoms with E-state index in [0.717, 1.165) is 19.3 Å². The fourth-order valence-corrected chi connectivity index (χ4v) is 1.59. The number of carbonyl (C=O) groups excluding carboxylic acids is 2. The summed E-state index contributed by atoms with van der Waals surface area (Å²) in [6.45, 7) is 9.42. The number of aldehydes is 1. The largest absolute Gasteiger partial charge is 0.379 e. The highest BCUT2D eigenvalue weighted by molar-refractivity contribution is 7.80. The number of hydrogen-bond donors (Lipinski definition) is 2. The van der Waals surface area contributed by atoms with E-state index in [1.54, 1.807) is 6.92 Å². The van der Waals surface area contributed by atoms with E-state index < -0.39 is 0 Å². The maximum atomic E-state index is 10.6. The molecule has 0 aliphatic carbocycles. The van der Waals surface area contributed by atoms with Crippen LogP contribution in [0.2, 0.25) is 0 Å². The van der Waals surface area contributed by atoms with Crippen LogP contribution in [0.3, 0.4) is 0 Å². The van der Waals surface area contributed by atoms with Gasteiger partial charge < -0.3 is 24.3 Å². The number of carbonyl (C=O) groups is 2. The van der Waals surface area contributed by atoms with Crippen molar-refractivity contribution in [2.45, 2.75) is 39.7 Å².